The number of rotatable bonds is 9. The van der Waals surface area contributed by atoms with E-state index in [1.165, 1.54) is 37.8 Å². The van der Waals surface area contributed by atoms with Crippen LogP contribution in [0.25, 0.3) is 39.1 Å². The van der Waals surface area contributed by atoms with Gasteiger partial charge in [0.25, 0.3) is 0 Å². The van der Waals surface area contributed by atoms with Gasteiger partial charge >= 0.3 is 185 Å². The molecular weight excluding hydrogens is 865 g/mol. The molecule has 243 valence electrons. The summed E-state index contributed by atoms with van der Waals surface area (Å²) in [5, 5.41) is 12.7. The molecule has 0 bridgehead atoms. The number of carbonyl (C=O) groups excluding carboxylic acids is 1. The van der Waals surface area contributed by atoms with Gasteiger partial charge in [0.2, 0.25) is 0 Å². The molecule has 0 aliphatic rings. The average molecular weight is 913 g/mol. The number of fused-ring (bicyclic) bond motifs is 5. The van der Waals surface area contributed by atoms with Crippen LogP contribution >= 0.6 is 0 Å². The zero-order chi connectivity index (χ0) is 32.2. The summed E-state index contributed by atoms with van der Waals surface area (Å²) < 4.78 is 6.23. The molecule has 0 spiro atoms. The van der Waals surface area contributed by atoms with Gasteiger partial charge in [0.1, 0.15) is 0 Å². The van der Waals surface area contributed by atoms with Gasteiger partial charge in [-0.25, -0.2) is 0 Å². The Labute approximate surface area is 295 Å². The number of carbonyl (C=O) groups is 1. The van der Waals surface area contributed by atoms with Crippen LogP contribution in [0.5, 0.6) is 0 Å². The first-order valence-corrected chi connectivity index (χ1v) is 19.5. The molecule has 1 N–H and O–H groups in total. The molecule has 2 aromatic carbocycles. The van der Waals surface area contributed by atoms with Crippen LogP contribution in [-0.2, 0) is 31.3 Å². The fourth-order valence-electron chi connectivity index (χ4n) is 5.95. The van der Waals surface area contributed by atoms with Gasteiger partial charge in [0.15, 0.2) is 5.78 Å². The molecule has 6 heteroatoms. The number of pyridine rings is 1. The monoisotopic (exact) mass is 915 g/mol. The van der Waals surface area contributed by atoms with Gasteiger partial charge < -0.3 is 5.11 Å². The molecule has 0 fully saturated rings. The summed E-state index contributed by atoms with van der Waals surface area (Å²) in [4.78, 5) is 16.5. The van der Waals surface area contributed by atoms with E-state index in [1.54, 1.807) is 12.8 Å². The zero-order valence-electron chi connectivity index (χ0n) is 28.3. The topological polar surface area (TPSA) is 50.2 Å². The number of aryl methyl sites for hydroxylation is 2. The van der Waals surface area contributed by atoms with Gasteiger partial charge in [-0.15, -0.1) is 0 Å². The molecule has 0 aliphatic heterocycles. The first-order valence-electron chi connectivity index (χ1n) is 16.1. The number of allylic oxidation sites excluding steroid dienone is 2. The first kappa shape index (κ1) is 37.7. The number of ketones is 1. The van der Waals surface area contributed by atoms with E-state index in [2.05, 4.69) is 77.1 Å². The SMILES string of the molecule is CCC(CC)C(=O)/C=C(\O)C(CC)CC.Cc1[c-]c(-c2nccc3c2[se]c2c4ccc(CC(C)(C)C)cc4[se]c32)cc(C)c1.[Ir]. The number of hydrogen-bond donors (Lipinski definition) is 1. The smallest absolute Gasteiger partial charge is 0 e. The average Bonchev–Trinajstić information content (AvgIpc) is 3.49. The molecular formula is C39H48IrNO2Se2-. The van der Waals surface area contributed by atoms with Crippen LogP contribution in [0.4, 0.5) is 0 Å². The summed E-state index contributed by atoms with van der Waals surface area (Å²) in [5.41, 5.74) is 6.57. The minimum Gasteiger partial charge on any atom is 0 e. The largest absolute Gasteiger partial charge is 0 e. The van der Waals surface area contributed by atoms with Crippen molar-refractivity contribution in [2.24, 2.45) is 17.3 Å². The number of aliphatic hydroxyl groups excluding tert-OH is 1. The fraction of sp³-hybridized carbons (Fsp3) is 0.436. The van der Waals surface area contributed by atoms with Gasteiger partial charge in [0.05, 0.1) is 5.76 Å². The van der Waals surface area contributed by atoms with E-state index in [0.29, 0.717) is 34.4 Å². The molecule has 0 amide bonds. The van der Waals surface area contributed by atoms with Crippen molar-refractivity contribution in [3.8, 4) is 11.3 Å². The van der Waals surface area contributed by atoms with Gasteiger partial charge in [-0.05, 0) is 25.7 Å². The normalized spacial score (nSPS) is 12.2. The van der Waals surface area contributed by atoms with Crippen molar-refractivity contribution >= 4 is 62.6 Å². The molecule has 3 nitrogen and oxygen atoms in total. The van der Waals surface area contributed by atoms with E-state index >= 15 is 0 Å². The summed E-state index contributed by atoms with van der Waals surface area (Å²) in [6.45, 7) is 19.3. The molecule has 0 atom stereocenters. The van der Waals surface area contributed by atoms with Crippen molar-refractivity contribution in [1.29, 1.82) is 0 Å². The summed E-state index contributed by atoms with van der Waals surface area (Å²) in [6.07, 6.45) is 8.04. The second-order valence-corrected chi connectivity index (χ2v) is 17.6. The van der Waals surface area contributed by atoms with Crippen molar-refractivity contribution < 1.29 is 30.0 Å². The predicted octanol–water partition coefficient (Wildman–Crippen LogP) is 10.2. The maximum Gasteiger partial charge on any atom is 0 e. The fourth-order valence-corrected chi connectivity index (χ4v) is 12.6. The maximum atomic E-state index is 11.7. The molecule has 5 aromatic rings. The Morgan fingerprint density at radius 2 is 1.53 bits per heavy atom. The van der Waals surface area contributed by atoms with Crippen LogP contribution in [0.2, 0.25) is 0 Å². The van der Waals surface area contributed by atoms with Gasteiger partial charge in [-0.2, -0.15) is 0 Å². The molecule has 3 aromatic heterocycles. The Kier molecular flexibility index (Phi) is 13.7. The number of aliphatic hydroxyl groups is 1. The molecule has 3 heterocycles. The zero-order valence-corrected chi connectivity index (χ0v) is 34.1. The summed E-state index contributed by atoms with van der Waals surface area (Å²) in [5.74, 6) is 0.547. The quantitative estimate of drug-likeness (QED) is 0.0694. The third-order valence-electron chi connectivity index (χ3n) is 8.28. The molecule has 5 rings (SSSR count). The summed E-state index contributed by atoms with van der Waals surface area (Å²) in [6, 6.07) is 17.4. The Balaban J connectivity index is 0.000000297. The van der Waals surface area contributed by atoms with E-state index in [4.69, 9.17) is 4.98 Å². The molecule has 0 saturated carbocycles. The summed E-state index contributed by atoms with van der Waals surface area (Å²) >= 11 is 0.717. The van der Waals surface area contributed by atoms with E-state index in [-0.39, 0.29) is 43.5 Å². The second kappa shape index (κ2) is 16.4. The second-order valence-electron chi connectivity index (χ2n) is 13.2. The molecule has 0 aliphatic carbocycles. The van der Waals surface area contributed by atoms with E-state index in [1.807, 2.05) is 33.9 Å². The first-order chi connectivity index (χ1) is 20.9. The predicted molar refractivity (Wildman–Crippen MR) is 191 cm³/mol. The van der Waals surface area contributed by atoms with Gasteiger partial charge in [-0.3, -0.25) is 4.79 Å². The van der Waals surface area contributed by atoms with E-state index < -0.39 is 0 Å². The standard InChI is InChI=1S/C26H24NSe2.C13H24O2.Ir/c1-15-10-16(2)12-18(11-15)22-23-20(8-9-27-22)25-24(29-23)19-7-6-17(13-21(19)28-25)14-26(3,4)5;1-5-10(6-2)12(14)9-13(15)11(7-3)8-4;/h6-11,13H,14H2,1-5H3;9-11,14H,5-8H2,1-4H3;/q-1;;/b;12-9-;. The number of nitrogens with zero attached hydrogens (tertiary/aromatic N) is 1. The van der Waals surface area contributed by atoms with Crippen molar-refractivity contribution in [2.75, 3.05) is 0 Å². The van der Waals surface area contributed by atoms with Crippen molar-refractivity contribution in [3.05, 3.63) is 77.2 Å². The van der Waals surface area contributed by atoms with E-state index in [9.17, 15) is 9.90 Å². The number of hydrogen-bond acceptors (Lipinski definition) is 3. The Hall–Kier alpha value is -1.77. The van der Waals surface area contributed by atoms with Crippen LogP contribution in [0.3, 0.4) is 0 Å². The minimum atomic E-state index is 0. The van der Waals surface area contributed by atoms with Gasteiger partial charge in [0, 0.05) is 38.0 Å². The van der Waals surface area contributed by atoms with Crippen LogP contribution < -0.4 is 0 Å². The molecule has 45 heavy (non-hydrogen) atoms. The van der Waals surface area contributed by atoms with Crippen molar-refractivity contribution in [3.63, 3.8) is 0 Å². The van der Waals surface area contributed by atoms with E-state index in [0.717, 1.165) is 43.4 Å². The number of aromatic nitrogens is 1. The van der Waals surface area contributed by atoms with Crippen molar-refractivity contribution in [2.45, 2.75) is 94.4 Å². The minimum absolute atomic E-state index is 0. The maximum absolute atomic E-state index is 11.7. The van der Waals surface area contributed by atoms with Crippen LogP contribution in [0, 0.1) is 37.2 Å². The van der Waals surface area contributed by atoms with Crippen LogP contribution in [0.1, 0.15) is 90.8 Å². The Bertz CT molecular complexity index is 1760. The van der Waals surface area contributed by atoms with Crippen LogP contribution in [-0.4, -0.2) is 44.9 Å². The third-order valence-corrected chi connectivity index (χ3v) is 14.0. The molecule has 0 saturated heterocycles. The Morgan fingerprint density at radius 1 is 0.889 bits per heavy atom. The third kappa shape index (κ3) is 9.19. The van der Waals surface area contributed by atoms with Gasteiger partial charge in [-0.1, -0.05) is 27.7 Å². The summed E-state index contributed by atoms with van der Waals surface area (Å²) in [7, 11) is 0. The number of benzene rings is 2. The van der Waals surface area contributed by atoms with Crippen molar-refractivity contribution in [1.82, 2.24) is 4.98 Å². The molecule has 0 unspecified atom stereocenters. The Morgan fingerprint density at radius 3 is 2.13 bits per heavy atom. The van der Waals surface area contributed by atoms with Crippen LogP contribution in [0.15, 0.2) is 54.4 Å². The molecule has 1 radical (unpaired) electrons.